The largest absolute Gasteiger partial charge is 0.313 e. The third-order valence-corrected chi connectivity index (χ3v) is 2.51. The number of halogens is 1. The van der Waals surface area contributed by atoms with Gasteiger partial charge < -0.3 is 5.32 Å². The Morgan fingerprint density at radius 3 is 2.64 bits per heavy atom. The average molecular weight is 195 g/mol. The first kappa shape index (κ1) is 11.2. The summed E-state index contributed by atoms with van der Waals surface area (Å²) in [5, 5.41) is 3.24. The average Bonchev–Trinajstić information content (AvgIpc) is 2.19. The third-order valence-electron chi connectivity index (χ3n) is 2.51. The van der Waals surface area contributed by atoms with Crippen LogP contribution in [0.15, 0.2) is 18.2 Å². The fraction of sp³-hybridized carbons (Fsp3) is 0.500. The molecule has 0 fully saturated rings. The Morgan fingerprint density at radius 2 is 2.14 bits per heavy atom. The van der Waals surface area contributed by atoms with Gasteiger partial charge >= 0.3 is 0 Å². The van der Waals surface area contributed by atoms with Gasteiger partial charge in [-0.1, -0.05) is 25.5 Å². The molecule has 2 heteroatoms. The molecule has 0 amide bonds. The maximum atomic E-state index is 13.0. The summed E-state index contributed by atoms with van der Waals surface area (Å²) < 4.78 is 13.0. The second-order valence-corrected chi connectivity index (χ2v) is 3.64. The van der Waals surface area contributed by atoms with E-state index in [2.05, 4.69) is 12.2 Å². The summed E-state index contributed by atoms with van der Waals surface area (Å²) in [5.41, 5.74) is 1.90. The quantitative estimate of drug-likeness (QED) is 0.778. The molecular formula is C12H18FN. The molecule has 1 aromatic carbocycles. The molecule has 1 nitrogen and oxygen atoms in total. The van der Waals surface area contributed by atoms with Crippen LogP contribution in [0, 0.1) is 12.7 Å². The molecule has 1 aromatic rings. The van der Waals surface area contributed by atoms with Crippen LogP contribution in [0.5, 0.6) is 0 Å². The van der Waals surface area contributed by atoms with E-state index >= 15 is 0 Å². The first-order valence-electron chi connectivity index (χ1n) is 5.12. The Hall–Kier alpha value is -0.890. The van der Waals surface area contributed by atoms with Crippen molar-refractivity contribution < 1.29 is 4.39 Å². The summed E-state index contributed by atoms with van der Waals surface area (Å²) in [6.45, 7) is 3.96. The van der Waals surface area contributed by atoms with Crippen LogP contribution >= 0.6 is 0 Å². The zero-order valence-corrected chi connectivity index (χ0v) is 9.10. The number of benzene rings is 1. The van der Waals surface area contributed by atoms with Crippen LogP contribution in [0.3, 0.4) is 0 Å². The molecule has 0 aliphatic heterocycles. The second kappa shape index (κ2) is 5.11. The van der Waals surface area contributed by atoms with Crippen molar-refractivity contribution in [1.82, 2.24) is 5.32 Å². The Kier molecular flexibility index (Phi) is 4.08. The van der Waals surface area contributed by atoms with E-state index in [1.165, 1.54) is 5.56 Å². The number of hydrogen-bond donors (Lipinski definition) is 1. The number of aryl methyl sites for hydroxylation is 1. The highest BCUT2D eigenvalue weighted by atomic mass is 19.1. The molecule has 1 rings (SSSR count). The molecule has 0 aliphatic carbocycles. The Labute approximate surface area is 85.3 Å². The van der Waals surface area contributed by atoms with E-state index in [1.54, 1.807) is 13.0 Å². The monoisotopic (exact) mass is 195 g/mol. The van der Waals surface area contributed by atoms with Crippen molar-refractivity contribution in [3.63, 3.8) is 0 Å². The lowest BCUT2D eigenvalue weighted by Crippen LogP contribution is -2.16. The maximum Gasteiger partial charge on any atom is 0.126 e. The minimum atomic E-state index is -0.125. The van der Waals surface area contributed by atoms with Gasteiger partial charge in [0.15, 0.2) is 0 Å². The molecule has 1 N–H and O–H groups in total. The highest BCUT2D eigenvalue weighted by Crippen LogP contribution is 2.20. The van der Waals surface area contributed by atoms with Gasteiger partial charge in [-0.05, 0) is 37.6 Å². The summed E-state index contributed by atoms with van der Waals surface area (Å²) in [5.74, 6) is -0.125. The van der Waals surface area contributed by atoms with Crippen molar-refractivity contribution in [2.75, 3.05) is 7.05 Å². The molecule has 0 bridgehead atoms. The van der Waals surface area contributed by atoms with Crippen LogP contribution in [-0.2, 0) is 0 Å². The summed E-state index contributed by atoms with van der Waals surface area (Å²) in [7, 11) is 1.94. The Bertz CT molecular complexity index is 296. The molecular weight excluding hydrogens is 177 g/mol. The molecule has 0 saturated heterocycles. The van der Waals surface area contributed by atoms with Gasteiger partial charge in [0.1, 0.15) is 5.82 Å². The first-order chi connectivity index (χ1) is 6.69. The minimum Gasteiger partial charge on any atom is -0.313 e. The van der Waals surface area contributed by atoms with Gasteiger partial charge in [0.25, 0.3) is 0 Å². The molecule has 0 spiro atoms. The molecule has 0 aliphatic rings. The molecule has 1 unspecified atom stereocenters. The van der Waals surface area contributed by atoms with Crippen LogP contribution < -0.4 is 5.32 Å². The van der Waals surface area contributed by atoms with E-state index in [4.69, 9.17) is 0 Å². The van der Waals surface area contributed by atoms with Gasteiger partial charge in [-0.2, -0.15) is 0 Å². The van der Waals surface area contributed by atoms with Crippen molar-refractivity contribution >= 4 is 0 Å². The van der Waals surface area contributed by atoms with Crippen molar-refractivity contribution in [3.05, 3.63) is 35.1 Å². The van der Waals surface area contributed by atoms with Gasteiger partial charge in [0.05, 0.1) is 0 Å². The minimum absolute atomic E-state index is 0.125. The van der Waals surface area contributed by atoms with E-state index in [0.29, 0.717) is 6.04 Å². The van der Waals surface area contributed by atoms with Crippen LogP contribution in [-0.4, -0.2) is 7.05 Å². The van der Waals surface area contributed by atoms with Gasteiger partial charge in [-0.25, -0.2) is 4.39 Å². The standard InChI is InChI=1S/C12H18FN/c1-4-5-12(14-3)10-6-7-11(13)9(2)8-10/h6-8,12,14H,4-5H2,1-3H3. The summed E-state index contributed by atoms with van der Waals surface area (Å²) >= 11 is 0. The van der Waals surface area contributed by atoms with Crippen molar-refractivity contribution in [1.29, 1.82) is 0 Å². The van der Waals surface area contributed by atoms with E-state index in [9.17, 15) is 4.39 Å². The van der Waals surface area contributed by atoms with E-state index < -0.39 is 0 Å². The van der Waals surface area contributed by atoms with Crippen LogP contribution in [0.25, 0.3) is 0 Å². The Morgan fingerprint density at radius 1 is 1.43 bits per heavy atom. The van der Waals surface area contributed by atoms with Gasteiger partial charge in [0.2, 0.25) is 0 Å². The fourth-order valence-electron chi connectivity index (χ4n) is 1.65. The summed E-state index contributed by atoms with van der Waals surface area (Å²) in [4.78, 5) is 0. The molecule has 0 aromatic heterocycles. The lowest BCUT2D eigenvalue weighted by atomic mass is 10.0. The van der Waals surface area contributed by atoms with Crippen molar-refractivity contribution in [3.8, 4) is 0 Å². The molecule has 78 valence electrons. The number of hydrogen-bond acceptors (Lipinski definition) is 1. The Balaban J connectivity index is 2.88. The normalized spacial score (nSPS) is 12.9. The van der Waals surface area contributed by atoms with Gasteiger partial charge in [-0.3, -0.25) is 0 Å². The van der Waals surface area contributed by atoms with Gasteiger partial charge in [-0.15, -0.1) is 0 Å². The number of nitrogens with one attached hydrogen (secondary N) is 1. The van der Waals surface area contributed by atoms with E-state index in [-0.39, 0.29) is 5.82 Å². The highest BCUT2D eigenvalue weighted by molar-refractivity contribution is 5.26. The summed E-state index contributed by atoms with van der Waals surface area (Å²) in [6, 6.07) is 5.68. The predicted molar refractivity (Wildman–Crippen MR) is 57.8 cm³/mol. The zero-order valence-electron chi connectivity index (χ0n) is 9.10. The lowest BCUT2D eigenvalue weighted by Gasteiger charge is -2.16. The second-order valence-electron chi connectivity index (χ2n) is 3.64. The van der Waals surface area contributed by atoms with Crippen LogP contribution in [0.2, 0.25) is 0 Å². The highest BCUT2D eigenvalue weighted by Gasteiger charge is 2.08. The smallest absolute Gasteiger partial charge is 0.126 e. The van der Waals surface area contributed by atoms with Crippen molar-refractivity contribution in [2.24, 2.45) is 0 Å². The topological polar surface area (TPSA) is 12.0 Å². The van der Waals surface area contributed by atoms with E-state index in [0.717, 1.165) is 18.4 Å². The predicted octanol–water partition coefficient (Wildman–Crippen LogP) is 3.19. The first-order valence-corrected chi connectivity index (χ1v) is 5.12. The molecule has 1 atom stereocenters. The SMILES string of the molecule is CCCC(NC)c1ccc(F)c(C)c1. The third kappa shape index (κ3) is 2.55. The lowest BCUT2D eigenvalue weighted by molar-refractivity contribution is 0.538. The van der Waals surface area contributed by atoms with E-state index in [1.807, 2.05) is 19.2 Å². The summed E-state index contributed by atoms with van der Waals surface area (Å²) in [6.07, 6.45) is 2.21. The fourth-order valence-corrected chi connectivity index (χ4v) is 1.65. The van der Waals surface area contributed by atoms with Crippen LogP contribution in [0.4, 0.5) is 4.39 Å². The van der Waals surface area contributed by atoms with Crippen LogP contribution in [0.1, 0.15) is 36.9 Å². The molecule has 14 heavy (non-hydrogen) atoms. The molecule has 0 radical (unpaired) electrons. The van der Waals surface area contributed by atoms with Crippen molar-refractivity contribution in [2.45, 2.75) is 32.7 Å². The zero-order chi connectivity index (χ0) is 10.6. The maximum absolute atomic E-state index is 13.0. The molecule has 0 heterocycles. The molecule has 0 saturated carbocycles. The number of rotatable bonds is 4. The van der Waals surface area contributed by atoms with Gasteiger partial charge in [0, 0.05) is 6.04 Å².